The first-order valence-electron chi connectivity index (χ1n) is 4.87. The van der Waals surface area contributed by atoms with Crippen molar-refractivity contribution in [1.29, 1.82) is 0 Å². The van der Waals surface area contributed by atoms with Gasteiger partial charge in [0.1, 0.15) is 5.82 Å². The number of sulfonamides is 1. The van der Waals surface area contributed by atoms with Crippen molar-refractivity contribution in [3.05, 3.63) is 22.8 Å². The number of anilines is 1. The van der Waals surface area contributed by atoms with Crippen LogP contribution in [0.25, 0.3) is 0 Å². The smallest absolute Gasteiger partial charge is 0.213 e. The van der Waals surface area contributed by atoms with Crippen molar-refractivity contribution in [2.24, 2.45) is 0 Å². The van der Waals surface area contributed by atoms with Crippen LogP contribution in [-0.2, 0) is 10.0 Å². The lowest BCUT2D eigenvalue weighted by molar-refractivity contribution is 0.584. The van der Waals surface area contributed by atoms with E-state index >= 15 is 0 Å². The Balaban J connectivity index is 2.45. The average Bonchev–Trinajstić information content (AvgIpc) is 2.20. The maximum atomic E-state index is 11.3. The average molecular weight is 308 g/mol. The van der Waals surface area contributed by atoms with E-state index in [0.717, 1.165) is 4.47 Å². The van der Waals surface area contributed by atoms with Crippen LogP contribution in [0.4, 0.5) is 5.82 Å². The van der Waals surface area contributed by atoms with Crippen LogP contribution in [0.1, 0.15) is 6.92 Å². The number of hydrogen-bond donors (Lipinski definition) is 2. The van der Waals surface area contributed by atoms with Gasteiger partial charge in [0.2, 0.25) is 10.0 Å². The van der Waals surface area contributed by atoms with E-state index in [4.69, 9.17) is 0 Å². The first-order chi connectivity index (χ1) is 7.55. The number of pyridine rings is 1. The summed E-state index contributed by atoms with van der Waals surface area (Å²) in [6.45, 7) is 2.49. The molecule has 1 aromatic rings. The fraction of sp³-hybridized carbons (Fsp3) is 0.444. The van der Waals surface area contributed by atoms with Crippen LogP contribution >= 0.6 is 15.9 Å². The molecule has 0 aromatic carbocycles. The van der Waals surface area contributed by atoms with E-state index in [9.17, 15) is 8.42 Å². The van der Waals surface area contributed by atoms with Crippen molar-refractivity contribution < 1.29 is 8.42 Å². The van der Waals surface area contributed by atoms with Crippen LogP contribution in [0.3, 0.4) is 0 Å². The summed E-state index contributed by atoms with van der Waals surface area (Å²) in [7, 11) is -3.17. The van der Waals surface area contributed by atoms with Crippen molar-refractivity contribution in [3.63, 3.8) is 0 Å². The topological polar surface area (TPSA) is 71.1 Å². The third kappa shape index (κ3) is 4.46. The summed E-state index contributed by atoms with van der Waals surface area (Å²) in [5.74, 6) is 0.679. The standard InChI is InChI=1S/C9H14BrN3O2S/c1-2-13-16(14,15)7-6-12-9-8(10)4-3-5-11-9/h3-5,13H,2,6-7H2,1H3,(H,11,12). The molecular weight excluding hydrogens is 294 g/mol. The van der Waals surface area contributed by atoms with Crippen LogP contribution in [-0.4, -0.2) is 32.2 Å². The van der Waals surface area contributed by atoms with Crippen LogP contribution in [0.2, 0.25) is 0 Å². The van der Waals surface area contributed by atoms with E-state index < -0.39 is 10.0 Å². The van der Waals surface area contributed by atoms with E-state index in [1.54, 1.807) is 19.2 Å². The fourth-order valence-corrected chi connectivity index (χ4v) is 2.46. The van der Waals surface area contributed by atoms with Gasteiger partial charge in [0.25, 0.3) is 0 Å². The molecule has 0 spiro atoms. The van der Waals surface area contributed by atoms with Gasteiger partial charge in [0.05, 0.1) is 10.2 Å². The van der Waals surface area contributed by atoms with Gasteiger partial charge in [-0.25, -0.2) is 18.1 Å². The Labute approximate surface area is 104 Å². The quantitative estimate of drug-likeness (QED) is 0.828. The molecule has 0 aliphatic carbocycles. The van der Waals surface area contributed by atoms with Crippen LogP contribution in [0.5, 0.6) is 0 Å². The highest BCUT2D eigenvalue weighted by atomic mass is 79.9. The van der Waals surface area contributed by atoms with Crippen molar-refractivity contribution in [2.75, 3.05) is 24.2 Å². The van der Waals surface area contributed by atoms with E-state index in [0.29, 0.717) is 18.9 Å². The molecule has 0 amide bonds. The monoisotopic (exact) mass is 307 g/mol. The van der Waals surface area contributed by atoms with Crippen molar-refractivity contribution in [2.45, 2.75) is 6.92 Å². The molecule has 1 rings (SSSR count). The summed E-state index contributed by atoms with van der Waals surface area (Å²) < 4.78 is 25.9. The van der Waals surface area contributed by atoms with Gasteiger partial charge in [0, 0.05) is 19.3 Å². The molecule has 0 aliphatic heterocycles. The van der Waals surface area contributed by atoms with Gasteiger partial charge in [-0.2, -0.15) is 0 Å². The number of hydrogen-bond acceptors (Lipinski definition) is 4. The lowest BCUT2D eigenvalue weighted by atomic mass is 10.4. The van der Waals surface area contributed by atoms with Crippen molar-refractivity contribution in [3.8, 4) is 0 Å². The molecule has 1 aromatic heterocycles. The van der Waals surface area contributed by atoms with E-state index in [1.165, 1.54) is 0 Å². The van der Waals surface area contributed by atoms with Gasteiger partial charge in [-0.15, -0.1) is 0 Å². The highest BCUT2D eigenvalue weighted by molar-refractivity contribution is 9.10. The maximum Gasteiger partial charge on any atom is 0.213 e. The third-order valence-corrected chi connectivity index (χ3v) is 3.90. The van der Waals surface area contributed by atoms with Crippen LogP contribution in [0.15, 0.2) is 22.8 Å². The minimum Gasteiger partial charge on any atom is -0.368 e. The first kappa shape index (κ1) is 13.4. The van der Waals surface area contributed by atoms with Gasteiger partial charge in [0.15, 0.2) is 0 Å². The number of aromatic nitrogens is 1. The van der Waals surface area contributed by atoms with Crippen LogP contribution in [0, 0.1) is 0 Å². The Morgan fingerprint density at radius 3 is 2.88 bits per heavy atom. The number of halogens is 1. The van der Waals surface area contributed by atoms with Crippen molar-refractivity contribution >= 4 is 31.8 Å². The Bertz CT molecular complexity index is 436. The molecule has 0 atom stereocenters. The molecular formula is C9H14BrN3O2S. The van der Waals surface area contributed by atoms with Gasteiger partial charge < -0.3 is 5.32 Å². The zero-order chi connectivity index (χ0) is 12.0. The minimum atomic E-state index is -3.17. The molecule has 7 heteroatoms. The molecule has 0 bridgehead atoms. The van der Waals surface area contributed by atoms with Gasteiger partial charge in [-0.05, 0) is 28.1 Å². The first-order valence-corrected chi connectivity index (χ1v) is 7.31. The molecule has 0 unspecified atom stereocenters. The Kier molecular flexibility index (Phi) is 5.17. The Morgan fingerprint density at radius 1 is 1.50 bits per heavy atom. The molecule has 0 saturated carbocycles. The summed E-state index contributed by atoms with van der Waals surface area (Å²) >= 11 is 3.32. The van der Waals surface area contributed by atoms with Gasteiger partial charge >= 0.3 is 0 Å². The van der Waals surface area contributed by atoms with E-state index in [-0.39, 0.29) is 5.75 Å². The molecule has 0 saturated heterocycles. The lowest BCUT2D eigenvalue weighted by Gasteiger charge is -2.07. The van der Waals surface area contributed by atoms with E-state index in [1.807, 2.05) is 6.07 Å². The van der Waals surface area contributed by atoms with Gasteiger partial charge in [-0.3, -0.25) is 0 Å². The highest BCUT2D eigenvalue weighted by Gasteiger charge is 2.08. The predicted molar refractivity (Wildman–Crippen MR) is 67.9 cm³/mol. The predicted octanol–water partition coefficient (Wildman–Crippen LogP) is 1.20. The second-order valence-electron chi connectivity index (χ2n) is 3.08. The molecule has 0 radical (unpaired) electrons. The second kappa shape index (κ2) is 6.17. The normalized spacial score (nSPS) is 11.4. The minimum absolute atomic E-state index is 0.0316. The van der Waals surface area contributed by atoms with Crippen LogP contribution < -0.4 is 10.0 Å². The summed E-state index contributed by atoms with van der Waals surface area (Å²) in [5.41, 5.74) is 0. The number of nitrogens with one attached hydrogen (secondary N) is 2. The zero-order valence-corrected chi connectivity index (χ0v) is 11.3. The molecule has 1 heterocycles. The fourth-order valence-electron chi connectivity index (χ4n) is 1.11. The molecule has 2 N–H and O–H groups in total. The SMILES string of the molecule is CCNS(=O)(=O)CCNc1ncccc1Br. The molecule has 90 valence electrons. The lowest BCUT2D eigenvalue weighted by Crippen LogP contribution is -2.29. The summed E-state index contributed by atoms with van der Waals surface area (Å²) in [6, 6.07) is 3.64. The summed E-state index contributed by atoms with van der Waals surface area (Å²) in [4.78, 5) is 4.07. The third-order valence-electron chi connectivity index (χ3n) is 1.79. The number of rotatable bonds is 6. The molecule has 16 heavy (non-hydrogen) atoms. The summed E-state index contributed by atoms with van der Waals surface area (Å²) in [6.07, 6.45) is 1.64. The second-order valence-corrected chi connectivity index (χ2v) is 5.86. The molecule has 0 aliphatic rings. The Morgan fingerprint density at radius 2 is 2.25 bits per heavy atom. The largest absolute Gasteiger partial charge is 0.368 e. The molecule has 0 fully saturated rings. The van der Waals surface area contributed by atoms with E-state index in [2.05, 4.69) is 31.0 Å². The molecule has 5 nitrogen and oxygen atoms in total. The number of nitrogens with zero attached hydrogens (tertiary/aromatic N) is 1. The summed E-state index contributed by atoms with van der Waals surface area (Å²) in [5, 5.41) is 2.95. The zero-order valence-electron chi connectivity index (χ0n) is 8.90. The van der Waals surface area contributed by atoms with Crippen molar-refractivity contribution in [1.82, 2.24) is 9.71 Å². The highest BCUT2D eigenvalue weighted by Crippen LogP contribution is 2.17. The maximum absolute atomic E-state index is 11.3. The van der Waals surface area contributed by atoms with Gasteiger partial charge in [-0.1, -0.05) is 6.92 Å². The Hall–Kier alpha value is -0.660.